The van der Waals surface area contributed by atoms with Gasteiger partial charge in [0, 0.05) is 34.0 Å². The van der Waals surface area contributed by atoms with E-state index in [1.54, 1.807) is 7.11 Å². The molecule has 0 aliphatic rings. The molecule has 1 aromatic heterocycles. The highest BCUT2D eigenvalue weighted by molar-refractivity contribution is 7.99. The van der Waals surface area contributed by atoms with E-state index in [-0.39, 0.29) is 21.9 Å². The van der Waals surface area contributed by atoms with Gasteiger partial charge in [-0.3, -0.25) is 19.5 Å². The van der Waals surface area contributed by atoms with E-state index in [1.165, 1.54) is 41.7 Å². The Labute approximate surface area is 240 Å². The number of nitro benzene ring substituents is 1. The van der Waals surface area contributed by atoms with Gasteiger partial charge in [-0.15, -0.1) is 10.2 Å². The van der Waals surface area contributed by atoms with E-state index in [0.717, 1.165) is 11.3 Å². The summed E-state index contributed by atoms with van der Waals surface area (Å²) in [5.74, 6) is 0.940. The van der Waals surface area contributed by atoms with E-state index >= 15 is 0 Å². The number of hydrazone groups is 1. The van der Waals surface area contributed by atoms with Crippen molar-refractivity contribution in [2.45, 2.75) is 31.3 Å². The maximum atomic E-state index is 12.5. The Morgan fingerprint density at radius 3 is 2.45 bits per heavy atom. The van der Waals surface area contributed by atoms with Crippen LogP contribution >= 0.6 is 23.4 Å². The molecule has 0 saturated carbocycles. The second kappa shape index (κ2) is 12.3. The van der Waals surface area contributed by atoms with Gasteiger partial charge in [-0.05, 0) is 41.3 Å². The number of methoxy groups -OCH3 is 1. The molecule has 4 rings (SSSR count). The number of nitrogens with one attached hydrogen (secondary N) is 1. The number of hydrogen-bond donors (Lipinski definition) is 1. The number of amides is 1. The lowest BCUT2D eigenvalue weighted by Gasteiger charge is -2.19. The van der Waals surface area contributed by atoms with Crippen molar-refractivity contribution in [1.29, 1.82) is 0 Å². The number of carbonyl (C=O) groups excluding carboxylic acids is 1. The third-order valence-corrected chi connectivity index (χ3v) is 7.16. The molecule has 0 aliphatic heterocycles. The van der Waals surface area contributed by atoms with Crippen LogP contribution in [0.5, 0.6) is 5.75 Å². The van der Waals surface area contributed by atoms with Crippen LogP contribution in [0.3, 0.4) is 0 Å². The Morgan fingerprint density at radius 1 is 1.12 bits per heavy atom. The first kappa shape index (κ1) is 28.8. The molecule has 0 atom stereocenters. The Balaban J connectivity index is 1.54. The number of benzene rings is 3. The van der Waals surface area contributed by atoms with Crippen LogP contribution in [0.25, 0.3) is 17.1 Å². The normalized spacial score (nSPS) is 11.5. The van der Waals surface area contributed by atoms with E-state index in [4.69, 9.17) is 16.3 Å². The second-order valence-electron chi connectivity index (χ2n) is 9.71. The summed E-state index contributed by atoms with van der Waals surface area (Å²) in [6.45, 7) is 6.47. The van der Waals surface area contributed by atoms with Crippen LogP contribution < -0.4 is 10.2 Å². The van der Waals surface area contributed by atoms with Crippen LogP contribution in [-0.4, -0.2) is 44.7 Å². The fourth-order valence-corrected chi connectivity index (χ4v) is 4.62. The van der Waals surface area contributed by atoms with Crippen molar-refractivity contribution in [1.82, 2.24) is 20.2 Å². The second-order valence-corrected chi connectivity index (χ2v) is 11.1. The maximum Gasteiger partial charge on any atom is 0.270 e. The van der Waals surface area contributed by atoms with Crippen LogP contribution in [0.4, 0.5) is 5.69 Å². The molecule has 0 bridgehead atoms. The number of hydrogen-bond acceptors (Lipinski definition) is 8. The van der Waals surface area contributed by atoms with Crippen molar-refractivity contribution in [2.75, 3.05) is 12.9 Å². The van der Waals surface area contributed by atoms with Gasteiger partial charge < -0.3 is 4.74 Å². The number of aromatic nitrogens is 3. The van der Waals surface area contributed by atoms with E-state index in [1.807, 2.05) is 41.0 Å². The standard InChI is InChI=1S/C28H27ClN6O4S/c1-28(2,3)20-7-5-18(6-8-20)26-32-33-27(34(26)21-9-12-23(39-4)13-10-21)40-17-25(36)31-30-16-19-15-22(35(37)38)11-14-24(19)29/h5-16H,17H2,1-4H3,(H,31,36)/b30-16-. The number of halogens is 1. The summed E-state index contributed by atoms with van der Waals surface area (Å²) in [5, 5.41) is 24.5. The molecule has 1 amide bonds. The van der Waals surface area contributed by atoms with Crippen molar-refractivity contribution in [3.8, 4) is 22.8 Å². The molecule has 4 aromatic rings. The fraction of sp³-hybridized carbons (Fsp3) is 0.214. The molecule has 0 unspecified atom stereocenters. The minimum absolute atomic E-state index is 0.00272. The van der Waals surface area contributed by atoms with E-state index in [2.05, 4.69) is 53.6 Å². The highest BCUT2D eigenvalue weighted by Crippen LogP contribution is 2.31. The molecular weight excluding hydrogens is 552 g/mol. The lowest BCUT2D eigenvalue weighted by Crippen LogP contribution is -2.20. The van der Waals surface area contributed by atoms with Crippen LogP contribution in [0.15, 0.2) is 77.0 Å². The quantitative estimate of drug-likeness (QED) is 0.111. The molecule has 1 heterocycles. The molecule has 1 N–H and O–H groups in total. The summed E-state index contributed by atoms with van der Waals surface area (Å²) in [7, 11) is 1.60. The zero-order valence-corrected chi connectivity index (χ0v) is 23.9. The predicted octanol–water partition coefficient (Wildman–Crippen LogP) is 6.04. The zero-order valence-electron chi connectivity index (χ0n) is 22.3. The van der Waals surface area contributed by atoms with E-state index in [0.29, 0.717) is 22.3 Å². The maximum absolute atomic E-state index is 12.5. The molecular formula is C28H27ClN6O4S. The van der Waals surface area contributed by atoms with Gasteiger partial charge in [0.1, 0.15) is 5.75 Å². The Bertz CT molecular complexity index is 1550. The third-order valence-electron chi connectivity index (χ3n) is 5.89. The number of carbonyl (C=O) groups is 1. The minimum Gasteiger partial charge on any atom is -0.497 e. The SMILES string of the molecule is COc1ccc(-n2c(SCC(=O)N/N=C\c3cc([N+](=O)[O-])ccc3Cl)nnc2-c2ccc(C(C)(C)C)cc2)cc1. The van der Waals surface area contributed by atoms with Gasteiger partial charge in [-0.25, -0.2) is 5.43 Å². The lowest BCUT2D eigenvalue weighted by atomic mass is 9.87. The lowest BCUT2D eigenvalue weighted by molar-refractivity contribution is -0.384. The number of rotatable bonds is 9. The molecule has 0 fully saturated rings. The first-order valence-corrected chi connectivity index (χ1v) is 13.5. The van der Waals surface area contributed by atoms with Gasteiger partial charge in [0.25, 0.3) is 11.6 Å². The van der Waals surface area contributed by atoms with E-state index < -0.39 is 10.8 Å². The van der Waals surface area contributed by atoms with Crippen molar-refractivity contribution in [2.24, 2.45) is 5.10 Å². The minimum atomic E-state index is -0.533. The van der Waals surface area contributed by atoms with Gasteiger partial charge in [-0.2, -0.15) is 5.10 Å². The summed E-state index contributed by atoms with van der Waals surface area (Å²) in [5.41, 5.74) is 5.50. The largest absolute Gasteiger partial charge is 0.497 e. The predicted molar refractivity (Wildman–Crippen MR) is 157 cm³/mol. The van der Waals surface area contributed by atoms with Gasteiger partial charge in [-0.1, -0.05) is 68.4 Å². The molecule has 206 valence electrons. The highest BCUT2D eigenvalue weighted by atomic mass is 35.5. The van der Waals surface area contributed by atoms with Gasteiger partial charge in [0.15, 0.2) is 11.0 Å². The molecule has 0 spiro atoms. The van der Waals surface area contributed by atoms with Crippen LogP contribution in [0.1, 0.15) is 31.9 Å². The number of nitrogens with zero attached hydrogens (tertiary/aromatic N) is 5. The van der Waals surface area contributed by atoms with Crippen LogP contribution in [0, 0.1) is 10.1 Å². The molecule has 0 saturated heterocycles. The summed E-state index contributed by atoms with van der Waals surface area (Å²) >= 11 is 7.27. The Kier molecular flexibility index (Phi) is 8.86. The van der Waals surface area contributed by atoms with Crippen molar-refractivity contribution in [3.63, 3.8) is 0 Å². The Morgan fingerprint density at radius 2 is 1.82 bits per heavy atom. The monoisotopic (exact) mass is 578 g/mol. The summed E-state index contributed by atoms with van der Waals surface area (Å²) in [6, 6.07) is 19.6. The number of thioether (sulfide) groups is 1. The molecule has 12 heteroatoms. The fourth-order valence-electron chi connectivity index (χ4n) is 3.71. The third kappa shape index (κ3) is 6.85. The number of nitro groups is 1. The summed E-state index contributed by atoms with van der Waals surface area (Å²) < 4.78 is 7.18. The smallest absolute Gasteiger partial charge is 0.270 e. The first-order chi connectivity index (χ1) is 19.1. The summed E-state index contributed by atoms with van der Waals surface area (Å²) in [6.07, 6.45) is 1.26. The highest BCUT2D eigenvalue weighted by Gasteiger charge is 2.19. The molecule has 3 aromatic carbocycles. The first-order valence-electron chi connectivity index (χ1n) is 12.2. The Hall–Kier alpha value is -4.22. The number of non-ortho nitro benzene ring substituents is 1. The molecule has 40 heavy (non-hydrogen) atoms. The topological polar surface area (TPSA) is 125 Å². The molecule has 0 aliphatic carbocycles. The van der Waals surface area contributed by atoms with Crippen LogP contribution in [-0.2, 0) is 10.2 Å². The van der Waals surface area contributed by atoms with E-state index in [9.17, 15) is 14.9 Å². The van der Waals surface area contributed by atoms with Crippen molar-refractivity contribution < 1.29 is 14.5 Å². The van der Waals surface area contributed by atoms with Crippen LogP contribution in [0.2, 0.25) is 5.02 Å². The van der Waals surface area contributed by atoms with Gasteiger partial charge in [0.05, 0.1) is 24.0 Å². The summed E-state index contributed by atoms with van der Waals surface area (Å²) in [4.78, 5) is 23.0. The van der Waals surface area contributed by atoms with Crippen molar-refractivity contribution in [3.05, 3.63) is 93.0 Å². The molecule has 10 nitrogen and oxygen atoms in total. The molecule has 0 radical (unpaired) electrons. The average molecular weight is 579 g/mol. The average Bonchev–Trinajstić information content (AvgIpc) is 3.36. The van der Waals surface area contributed by atoms with Gasteiger partial charge in [0.2, 0.25) is 0 Å². The zero-order chi connectivity index (χ0) is 28.9. The van der Waals surface area contributed by atoms with Crippen molar-refractivity contribution >= 4 is 41.2 Å². The van der Waals surface area contributed by atoms with Gasteiger partial charge >= 0.3 is 0 Å². The number of ether oxygens (including phenoxy) is 1.